The summed E-state index contributed by atoms with van der Waals surface area (Å²) in [5.41, 5.74) is 6.90. The number of tetrazole rings is 1. The lowest BCUT2D eigenvalue weighted by Crippen LogP contribution is -2.11. The summed E-state index contributed by atoms with van der Waals surface area (Å²) < 4.78 is 15.1. The highest BCUT2D eigenvalue weighted by molar-refractivity contribution is 5.71. The van der Waals surface area contributed by atoms with E-state index in [-0.39, 0.29) is 11.9 Å². The minimum Gasteiger partial charge on any atom is -0.398 e. The van der Waals surface area contributed by atoms with Crippen molar-refractivity contribution in [2.24, 2.45) is 5.92 Å². The lowest BCUT2D eigenvalue weighted by atomic mass is 10.0. The van der Waals surface area contributed by atoms with Crippen LogP contribution >= 0.6 is 0 Å². The molecule has 1 atom stereocenters. The summed E-state index contributed by atoms with van der Waals surface area (Å²) >= 11 is 0. The zero-order valence-corrected chi connectivity index (χ0v) is 12.0. The third-order valence-corrected chi connectivity index (χ3v) is 3.33. The van der Waals surface area contributed by atoms with E-state index in [0.717, 1.165) is 12.8 Å². The molecule has 108 valence electrons. The maximum Gasteiger partial charge on any atom is 0.184 e. The van der Waals surface area contributed by atoms with E-state index in [2.05, 4.69) is 36.3 Å². The Labute approximate surface area is 118 Å². The van der Waals surface area contributed by atoms with Crippen LogP contribution in [0.25, 0.3) is 11.4 Å². The molecule has 2 N–H and O–H groups in total. The Kier molecular flexibility index (Phi) is 4.32. The Morgan fingerprint density at radius 3 is 2.70 bits per heavy atom. The molecular formula is C14H20FN5. The van der Waals surface area contributed by atoms with Gasteiger partial charge in [-0.2, -0.15) is 0 Å². The van der Waals surface area contributed by atoms with Crippen molar-refractivity contribution in [1.29, 1.82) is 0 Å². The Bertz CT molecular complexity index is 579. The first-order chi connectivity index (χ1) is 9.49. The van der Waals surface area contributed by atoms with Gasteiger partial charge >= 0.3 is 0 Å². The minimum atomic E-state index is -0.349. The van der Waals surface area contributed by atoms with Gasteiger partial charge in [0.2, 0.25) is 0 Å². The SMILES string of the molecule is CC(C)CCC(C)n1nnnc1-c1cc(F)ccc1N. The topological polar surface area (TPSA) is 69.6 Å². The van der Waals surface area contributed by atoms with E-state index in [1.165, 1.54) is 18.2 Å². The van der Waals surface area contributed by atoms with Gasteiger partial charge in [0.1, 0.15) is 5.82 Å². The molecule has 0 saturated carbocycles. The summed E-state index contributed by atoms with van der Waals surface area (Å²) in [7, 11) is 0. The normalized spacial score (nSPS) is 12.8. The zero-order chi connectivity index (χ0) is 14.7. The predicted octanol–water partition coefficient (Wildman–Crippen LogP) is 3.06. The Balaban J connectivity index is 2.30. The summed E-state index contributed by atoms with van der Waals surface area (Å²) in [5.74, 6) is 0.786. The molecule has 0 radical (unpaired) electrons. The summed E-state index contributed by atoms with van der Waals surface area (Å²) in [5, 5.41) is 11.7. The minimum absolute atomic E-state index is 0.144. The number of aromatic nitrogens is 4. The zero-order valence-electron chi connectivity index (χ0n) is 12.0. The van der Waals surface area contributed by atoms with Crippen molar-refractivity contribution in [3.05, 3.63) is 24.0 Å². The molecule has 2 rings (SSSR count). The molecule has 1 heterocycles. The number of halogens is 1. The van der Waals surface area contributed by atoms with Gasteiger partial charge in [-0.3, -0.25) is 0 Å². The molecule has 0 aliphatic rings. The number of rotatable bonds is 5. The van der Waals surface area contributed by atoms with Crippen LogP contribution in [0.4, 0.5) is 10.1 Å². The average Bonchev–Trinajstić information content (AvgIpc) is 2.88. The number of benzene rings is 1. The molecule has 5 nitrogen and oxygen atoms in total. The summed E-state index contributed by atoms with van der Waals surface area (Å²) in [6.45, 7) is 6.41. The smallest absolute Gasteiger partial charge is 0.184 e. The quantitative estimate of drug-likeness (QED) is 0.853. The third-order valence-electron chi connectivity index (χ3n) is 3.33. The molecule has 0 spiro atoms. The van der Waals surface area contributed by atoms with Crippen molar-refractivity contribution >= 4 is 5.69 Å². The number of nitrogens with two attached hydrogens (primary N) is 1. The first kappa shape index (κ1) is 14.4. The van der Waals surface area contributed by atoms with Gasteiger partial charge in [-0.05, 0) is 54.3 Å². The number of anilines is 1. The van der Waals surface area contributed by atoms with Crippen molar-refractivity contribution in [3.8, 4) is 11.4 Å². The van der Waals surface area contributed by atoms with E-state index in [1.807, 2.05) is 0 Å². The maximum absolute atomic E-state index is 13.4. The second-order valence-electron chi connectivity index (χ2n) is 5.50. The highest BCUT2D eigenvalue weighted by Gasteiger charge is 2.17. The average molecular weight is 277 g/mol. The number of nitrogens with zero attached hydrogens (tertiary/aromatic N) is 4. The van der Waals surface area contributed by atoms with Crippen LogP contribution in [-0.4, -0.2) is 20.2 Å². The van der Waals surface area contributed by atoms with Crippen molar-refractivity contribution in [2.45, 2.75) is 39.7 Å². The van der Waals surface area contributed by atoms with Crippen molar-refractivity contribution in [2.75, 3.05) is 5.73 Å². The monoisotopic (exact) mass is 277 g/mol. The summed E-state index contributed by atoms with van der Waals surface area (Å²) in [6, 6.07) is 4.37. The van der Waals surface area contributed by atoms with Crippen LogP contribution < -0.4 is 5.73 Å². The lowest BCUT2D eigenvalue weighted by Gasteiger charge is -2.15. The van der Waals surface area contributed by atoms with Crippen LogP contribution in [0.2, 0.25) is 0 Å². The first-order valence-electron chi connectivity index (χ1n) is 6.82. The van der Waals surface area contributed by atoms with Crippen LogP contribution in [0.3, 0.4) is 0 Å². The number of hydrogen-bond acceptors (Lipinski definition) is 4. The molecule has 0 aliphatic heterocycles. The fraction of sp³-hybridized carbons (Fsp3) is 0.500. The van der Waals surface area contributed by atoms with Crippen LogP contribution in [-0.2, 0) is 0 Å². The fourth-order valence-electron chi connectivity index (χ4n) is 2.09. The van der Waals surface area contributed by atoms with Gasteiger partial charge in [0.15, 0.2) is 5.82 Å². The standard InChI is InChI=1S/C14H20FN5/c1-9(2)4-5-10(3)20-14(17-18-19-20)12-8-11(15)6-7-13(12)16/h6-10H,4-5,16H2,1-3H3. The van der Waals surface area contributed by atoms with E-state index in [9.17, 15) is 4.39 Å². The summed E-state index contributed by atoms with van der Waals surface area (Å²) in [4.78, 5) is 0. The predicted molar refractivity (Wildman–Crippen MR) is 76.4 cm³/mol. The second kappa shape index (κ2) is 5.98. The van der Waals surface area contributed by atoms with Crippen molar-refractivity contribution in [3.63, 3.8) is 0 Å². The van der Waals surface area contributed by atoms with E-state index in [1.54, 1.807) is 4.68 Å². The molecule has 6 heteroatoms. The van der Waals surface area contributed by atoms with Gasteiger partial charge in [-0.25, -0.2) is 9.07 Å². The van der Waals surface area contributed by atoms with Crippen LogP contribution in [0.1, 0.15) is 39.7 Å². The molecule has 0 saturated heterocycles. The number of nitrogen functional groups attached to an aromatic ring is 1. The molecule has 1 unspecified atom stereocenters. The van der Waals surface area contributed by atoms with Gasteiger partial charge in [0, 0.05) is 11.3 Å². The van der Waals surface area contributed by atoms with Gasteiger partial charge in [0.05, 0.1) is 6.04 Å². The van der Waals surface area contributed by atoms with Crippen molar-refractivity contribution < 1.29 is 4.39 Å². The van der Waals surface area contributed by atoms with E-state index in [0.29, 0.717) is 23.0 Å². The molecule has 0 fully saturated rings. The molecule has 1 aromatic heterocycles. The lowest BCUT2D eigenvalue weighted by molar-refractivity contribution is 0.406. The Hall–Kier alpha value is -1.98. The highest BCUT2D eigenvalue weighted by Crippen LogP contribution is 2.27. The maximum atomic E-state index is 13.4. The third kappa shape index (κ3) is 3.12. The van der Waals surface area contributed by atoms with Gasteiger partial charge in [0.25, 0.3) is 0 Å². The molecule has 2 aromatic rings. The van der Waals surface area contributed by atoms with Crippen LogP contribution in [0, 0.1) is 11.7 Å². The van der Waals surface area contributed by atoms with E-state index < -0.39 is 0 Å². The largest absolute Gasteiger partial charge is 0.398 e. The second-order valence-corrected chi connectivity index (χ2v) is 5.50. The molecule has 1 aromatic carbocycles. The van der Waals surface area contributed by atoms with Crippen molar-refractivity contribution in [1.82, 2.24) is 20.2 Å². The first-order valence-corrected chi connectivity index (χ1v) is 6.82. The fourth-order valence-corrected chi connectivity index (χ4v) is 2.09. The van der Waals surface area contributed by atoms with Gasteiger partial charge < -0.3 is 5.73 Å². The molecule has 0 bridgehead atoms. The summed E-state index contributed by atoms with van der Waals surface area (Å²) in [6.07, 6.45) is 2.05. The van der Waals surface area contributed by atoms with Gasteiger partial charge in [-0.1, -0.05) is 13.8 Å². The van der Waals surface area contributed by atoms with Gasteiger partial charge in [-0.15, -0.1) is 5.10 Å². The van der Waals surface area contributed by atoms with Crippen LogP contribution in [0.5, 0.6) is 0 Å². The highest BCUT2D eigenvalue weighted by atomic mass is 19.1. The van der Waals surface area contributed by atoms with E-state index in [4.69, 9.17) is 5.73 Å². The Morgan fingerprint density at radius 2 is 2.00 bits per heavy atom. The molecular weight excluding hydrogens is 257 g/mol. The molecule has 0 amide bonds. The number of hydrogen-bond donors (Lipinski definition) is 1. The molecule has 20 heavy (non-hydrogen) atoms. The molecule has 0 aliphatic carbocycles. The Morgan fingerprint density at radius 1 is 1.25 bits per heavy atom. The van der Waals surface area contributed by atoms with E-state index >= 15 is 0 Å². The van der Waals surface area contributed by atoms with Crippen LogP contribution in [0.15, 0.2) is 18.2 Å².